The van der Waals surface area contributed by atoms with Crippen LogP contribution in [0.5, 0.6) is 5.75 Å². The first-order chi connectivity index (χ1) is 11.1. The smallest absolute Gasteiger partial charge is 0.225 e. The maximum absolute atomic E-state index is 11.1. The molecule has 0 aliphatic carbocycles. The molecule has 5 nitrogen and oxygen atoms in total. The lowest BCUT2D eigenvalue weighted by Gasteiger charge is -2.33. The van der Waals surface area contributed by atoms with Crippen molar-refractivity contribution in [3.05, 3.63) is 77.8 Å². The van der Waals surface area contributed by atoms with E-state index in [0.29, 0.717) is 16.3 Å². The Morgan fingerprint density at radius 1 is 1.13 bits per heavy atom. The molecule has 23 heavy (non-hydrogen) atoms. The molecule has 0 amide bonds. The van der Waals surface area contributed by atoms with E-state index in [-0.39, 0.29) is 0 Å². The Balaban J connectivity index is 1.98. The molecule has 3 rings (SSSR count). The number of ether oxygens (including phenoxy) is 1. The quantitative estimate of drug-likeness (QED) is 0.779. The molecule has 6 heteroatoms. The zero-order valence-electron chi connectivity index (χ0n) is 12.5. The van der Waals surface area contributed by atoms with Crippen molar-refractivity contribution in [2.45, 2.75) is 18.8 Å². The number of benzene rings is 2. The van der Waals surface area contributed by atoms with Gasteiger partial charge in [0.05, 0.1) is 0 Å². The van der Waals surface area contributed by atoms with Crippen molar-refractivity contribution in [1.29, 1.82) is 0 Å². The van der Waals surface area contributed by atoms with Crippen LogP contribution < -0.4 is 4.74 Å². The standard InChI is InChI=1S/C17H16ClN3O2/c1-17(22,13-7-9-14(18)10-8-13)16(21-12-19-11-20-21)23-15-5-3-2-4-6-15/h2-12,16,22H,1H3. The summed E-state index contributed by atoms with van der Waals surface area (Å²) >= 11 is 5.93. The Morgan fingerprint density at radius 3 is 2.43 bits per heavy atom. The molecule has 0 saturated heterocycles. The average molecular weight is 330 g/mol. The van der Waals surface area contributed by atoms with Crippen LogP contribution in [0.25, 0.3) is 0 Å². The van der Waals surface area contributed by atoms with E-state index in [1.165, 1.54) is 17.3 Å². The van der Waals surface area contributed by atoms with Gasteiger partial charge in [0.2, 0.25) is 6.23 Å². The fourth-order valence-electron chi connectivity index (χ4n) is 2.32. The fraction of sp³-hybridized carbons (Fsp3) is 0.176. The van der Waals surface area contributed by atoms with Crippen LogP contribution in [-0.2, 0) is 5.60 Å². The zero-order chi connectivity index (χ0) is 16.3. The number of halogens is 1. The average Bonchev–Trinajstić information content (AvgIpc) is 3.08. The Morgan fingerprint density at radius 2 is 1.83 bits per heavy atom. The van der Waals surface area contributed by atoms with Crippen molar-refractivity contribution in [2.75, 3.05) is 0 Å². The van der Waals surface area contributed by atoms with E-state index >= 15 is 0 Å². The molecule has 118 valence electrons. The lowest BCUT2D eigenvalue weighted by Crippen LogP contribution is -2.38. The van der Waals surface area contributed by atoms with Gasteiger partial charge < -0.3 is 9.84 Å². The van der Waals surface area contributed by atoms with Gasteiger partial charge in [0.15, 0.2) is 0 Å². The van der Waals surface area contributed by atoms with Crippen LogP contribution in [-0.4, -0.2) is 19.9 Å². The van der Waals surface area contributed by atoms with Gasteiger partial charge in [0, 0.05) is 5.02 Å². The van der Waals surface area contributed by atoms with Crippen LogP contribution in [0.1, 0.15) is 18.7 Å². The third-order valence-corrected chi connectivity index (χ3v) is 3.83. The number of aromatic nitrogens is 3. The van der Waals surface area contributed by atoms with E-state index in [1.54, 1.807) is 31.2 Å². The van der Waals surface area contributed by atoms with Crippen LogP contribution >= 0.6 is 11.6 Å². The zero-order valence-corrected chi connectivity index (χ0v) is 13.3. The molecule has 3 aromatic rings. The van der Waals surface area contributed by atoms with Gasteiger partial charge in [-0.3, -0.25) is 0 Å². The largest absolute Gasteiger partial charge is 0.465 e. The minimum atomic E-state index is -1.34. The molecular formula is C17H16ClN3O2. The van der Waals surface area contributed by atoms with E-state index in [4.69, 9.17) is 16.3 Å². The summed E-state index contributed by atoms with van der Waals surface area (Å²) in [5.41, 5.74) is -0.674. The summed E-state index contributed by atoms with van der Waals surface area (Å²) in [6.07, 6.45) is 2.13. The van der Waals surface area contributed by atoms with Crippen molar-refractivity contribution in [3.8, 4) is 5.75 Å². The molecule has 1 N–H and O–H groups in total. The predicted molar refractivity (Wildman–Crippen MR) is 87.2 cm³/mol. The van der Waals surface area contributed by atoms with Crippen molar-refractivity contribution in [2.24, 2.45) is 0 Å². The Hall–Kier alpha value is -2.37. The summed E-state index contributed by atoms with van der Waals surface area (Å²) in [5, 5.41) is 15.8. The van der Waals surface area contributed by atoms with E-state index in [0.717, 1.165) is 0 Å². The first kappa shape index (κ1) is 15.5. The summed E-state index contributed by atoms with van der Waals surface area (Å²) in [7, 11) is 0. The Bertz CT molecular complexity index is 743. The topological polar surface area (TPSA) is 60.2 Å². The number of para-hydroxylation sites is 1. The highest BCUT2D eigenvalue weighted by Crippen LogP contribution is 2.34. The van der Waals surface area contributed by atoms with Gasteiger partial charge in [-0.25, -0.2) is 9.67 Å². The lowest BCUT2D eigenvalue weighted by atomic mass is 9.94. The monoisotopic (exact) mass is 329 g/mol. The summed E-state index contributed by atoms with van der Waals surface area (Å²) in [4.78, 5) is 3.95. The van der Waals surface area contributed by atoms with Gasteiger partial charge in [-0.15, -0.1) is 0 Å². The van der Waals surface area contributed by atoms with Crippen molar-refractivity contribution in [3.63, 3.8) is 0 Å². The van der Waals surface area contributed by atoms with Crippen molar-refractivity contribution in [1.82, 2.24) is 14.8 Å². The maximum atomic E-state index is 11.1. The number of hydrogen-bond donors (Lipinski definition) is 1. The normalized spacial score (nSPS) is 14.9. The first-order valence-electron chi connectivity index (χ1n) is 7.11. The van der Waals surface area contributed by atoms with Crippen LogP contribution in [0.2, 0.25) is 5.02 Å². The van der Waals surface area contributed by atoms with E-state index < -0.39 is 11.8 Å². The third-order valence-electron chi connectivity index (χ3n) is 3.58. The number of hydrogen-bond acceptors (Lipinski definition) is 4. The number of rotatable bonds is 5. The van der Waals surface area contributed by atoms with Crippen LogP contribution in [0, 0.1) is 0 Å². The molecule has 1 heterocycles. The van der Waals surface area contributed by atoms with Gasteiger partial charge in [-0.2, -0.15) is 5.10 Å². The van der Waals surface area contributed by atoms with Crippen molar-refractivity contribution >= 4 is 11.6 Å². The van der Waals surface area contributed by atoms with Crippen LogP contribution in [0.15, 0.2) is 67.3 Å². The summed E-state index contributed by atoms with van der Waals surface area (Å²) < 4.78 is 7.47. The molecule has 2 unspecified atom stereocenters. The Labute approximate surface area is 139 Å². The fourth-order valence-corrected chi connectivity index (χ4v) is 2.45. The molecule has 0 aliphatic rings. The molecule has 0 fully saturated rings. The minimum Gasteiger partial charge on any atom is -0.465 e. The second-order valence-corrected chi connectivity index (χ2v) is 5.75. The highest BCUT2D eigenvalue weighted by atomic mass is 35.5. The number of aliphatic hydroxyl groups is 1. The molecule has 0 bridgehead atoms. The Kier molecular flexibility index (Phi) is 4.32. The molecule has 0 spiro atoms. The maximum Gasteiger partial charge on any atom is 0.225 e. The molecule has 2 atom stereocenters. The van der Waals surface area contributed by atoms with E-state index in [2.05, 4.69) is 10.1 Å². The van der Waals surface area contributed by atoms with Crippen LogP contribution in [0.4, 0.5) is 0 Å². The molecule has 0 aliphatic heterocycles. The first-order valence-corrected chi connectivity index (χ1v) is 7.49. The molecular weight excluding hydrogens is 314 g/mol. The molecule has 0 saturated carbocycles. The van der Waals surface area contributed by atoms with Gasteiger partial charge >= 0.3 is 0 Å². The SMILES string of the molecule is CC(O)(c1ccc(Cl)cc1)C(Oc1ccccc1)n1cncn1. The van der Waals surface area contributed by atoms with Crippen LogP contribution in [0.3, 0.4) is 0 Å². The molecule has 2 aromatic carbocycles. The van der Waals surface area contributed by atoms with E-state index in [1.807, 2.05) is 30.3 Å². The third kappa shape index (κ3) is 3.36. The lowest BCUT2D eigenvalue weighted by molar-refractivity contribution is -0.0979. The number of nitrogens with zero attached hydrogens (tertiary/aromatic N) is 3. The van der Waals surface area contributed by atoms with Gasteiger partial charge in [0.25, 0.3) is 0 Å². The summed E-state index contributed by atoms with van der Waals surface area (Å²) in [5.74, 6) is 0.627. The minimum absolute atomic E-state index is 0.603. The summed E-state index contributed by atoms with van der Waals surface area (Å²) in [6, 6.07) is 16.3. The molecule has 1 aromatic heterocycles. The van der Waals surface area contributed by atoms with Gasteiger partial charge in [-0.05, 0) is 36.8 Å². The van der Waals surface area contributed by atoms with Gasteiger partial charge in [-0.1, -0.05) is 41.9 Å². The predicted octanol–water partition coefficient (Wildman–Crippen LogP) is 3.42. The van der Waals surface area contributed by atoms with Gasteiger partial charge in [0.1, 0.15) is 24.0 Å². The highest BCUT2D eigenvalue weighted by Gasteiger charge is 2.38. The second-order valence-electron chi connectivity index (χ2n) is 5.31. The molecule has 0 radical (unpaired) electrons. The highest BCUT2D eigenvalue weighted by molar-refractivity contribution is 6.30. The van der Waals surface area contributed by atoms with Crippen molar-refractivity contribution < 1.29 is 9.84 Å². The second kappa shape index (κ2) is 6.40. The summed E-state index contributed by atoms with van der Waals surface area (Å²) in [6.45, 7) is 1.67. The van der Waals surface area contributed by atoms with E-state index in [9.17, 15) is 5.11 Å².